The lowest BCUT2D eigenvalue weighted by Crippen LogP contribution is -2.41. The van der Waals surface area contributed by atoms with E-state index in [1.54, 1.807) is 0 Å². The molecule has 0 heterocycles. The van der Waals surface area contributed by atoms with Crippen molar-refractivity contribution in [3.8, 4) is 0 Å². The van der Waals surface area contributed by atoms with Crippen molar-refractivity contribution in [2.75, 3.05) is 6.54 Å². The van der Waals surface area contributed by atoms with Gasteiger partial charge in [0.2, 0.25) is 0 Å². The van der Waals surface area contributed by atoms with Crippen molar-refractivity contribution in [2.24, 2.45) is 21.5 Å². The van der Waals surface area contributed by atoms with Crippen LogP contribution in [0.4, 0.5) is 0 Å². The molecule has 1 aromatic rings. The van der Waals surface area contributed by atoms with E-state index in [9.17, 15) is 0 Å². The van der Waals surface area contributed by atoms with Crippen molar-refractivity contribution in [3.05, 3.63) is 35.9 Å². The maximum Gasteiger partial charge on any atom is 0.195 e. The van der Waals surface area contributed by atoms with Crippen LogP contribution in [0.5, 0.6) is 0 Å². The number of hydrogen-bond donors (Lipinski definition) is 3. The monoisotopic (exact) mass is 303 g/mol. The second-order valence-electron chi connectivity index (χ2n) is 5.35. The first kappa shape index (κ1) is 18.0. The predicted octanol–water partition coefficient (Wildman–Crippen LogP) is 2.77. The van der Waals surface area contributed by atoms with E-state index in [-0.39, 0.29) is 0 Å². The summed E-state index contributed by atoms with van der Waals surface area (Å²) in [6.45, 7) is 3.49. The van der Waals surface area contributed by atoms with Crippen molar-refractivity contribution in [1.29, 1.82) is 0 Å². The van der Waals surface area contributed by atoms with Gasteiger partial charge in [0.1, 0.15) is 0 Å². The van der Waals surface area contributed by atoms with Gasteiger partial charge in [0.05, 0.1) is 6.54 Å². The molecule has 5 N–H and O–H groups in total. The third-order valence-electron chi connectivity index (χ3n) is 3.32. The van der Waals surface area contributed by atoms with E-state index in [2.05, 4.69) is 22.2 Å². The van der Waals surface area contributed by atoms with E-state index in [0.717, 1.165) is 18.5 Å². The molecule has 5 heteroatoms. The first-order chi connectivity index (χ1) is 10.7. The van der Waals surface area contributed by atoms with Gasteiger partial charge in [0.25, 0.3) is 0 Å². The van der Waals surface area contributed by atoms with Gasteiger partial charge in [-0.05, 0) is 12.0 Å². The summed E-state index contributed by atoms with van der Waals surface area (Å²) < 4.78 is 0. The van der Waals surface area contributed by atoms with Crippen LogP contribution in [0.15, 0.2) is 40.3 Å². The average Bonchev–Trinajstić information content (AvgIpc) is 2.53. The molecule has 0 saturated heterocycles. The molecule has 0 amide bonds. The Bertz CT molecular complexity index is 453. The van der Waals surface area contributed by atoms with Crippen LogP contribution in [-0.2, 0) is 6.54 Å². The zero-order chi connectivity index (χ0) is 16.0. The second-order valence-corrected chi connectivity index (χ2v) is 5.35. The van der Waals surface area contributed by atoms with Gasteiger partial charge in [-0.25, -0.2) is 4.99 Å². The van der Waals surface area contributed by atoms with E-state index in [1.807, 2.05) is 30.3 Å². The van der Waals surface area contributed by atoms with Crippen LogP contribution < -0.4 is 16.8 Å². The van der Waals surface area contributed by atoms with Gasteiger partial charge in [0, 0.05) is 6.54 Å². The molecule has 0 fully saturated rings. The highest BCUT2D eigenvalue weighted by Gasteiger charge is 1.96. The maximum atomic E-state index is 5.79. The molecule has 122 valence electrons. The Kier molecular flexibility index (Phi) is 9.50. The lowest BCUT2D eigenvalue weighted by molar-refractivity contribution is 0.612. The smallest absolute Gasteiger partial charge is 0.195 e. The van der Waals surface area contributed by atoms with Gasteiger partial charge in [-0.15, -0.1) is 0 Å². The summed E-state index contributed by atoms with van der Waals surface area (Å²) in [6, 6.07) is 9.94. The molecule has 0 aromatic heterocycles. The van der Waals surface area contributed by atoms with Gasteiger partial charge >= 0.3 is 0 Å². The van der Waals surface area contributed by atoms with Crippen LogP contribution in [0.2, 0.25) is 0 Å². The number of nitrogens with one attached hydrogen (secondary N) is 1. The number of rotatable bonds is 9. The third kappa shape index (κ3) is 9.00. The number of nitrogens with zero attached hydrogens (tertiary/aromatic N) is 2. The number of benzene rings is 1. The molecule has 0 unspecified atom stereocenters. The highest BCUT2D eigenvalue weighted by Crippen LogP contribution is 2.04. The van der Waals surface area contributed by atoms with Crippen molar-refractivity contribution >= 4 is 11.9 Å². The molecule has 5 nitrogen and oxygen atoms in total. The highest BCUT2D eigenvalue weighted by molar-refractivity contribution is 5.96. The number of aliphatic imine (C=N–C) groups is 2. The first-order valence-corrected chi connectivity index (χ1v) is 8.13. The summed E-state index contributed by atoms with van der Waals surface area (Å²) >= 11 is 0. The molecule has 1 rings (SSSR count). The van der Waals surface area contributed by atoms with Crippen LogP contribution in [0.3, 0.4) is 0 Å². The standard InChI is InChI=1S/C17H29N5/c1-2-3-4-5-6-10-13-20-16(18)22-17(19)21-14-15-11-8-7-9-12-15/h7-9,11-12H,2-6,10,13-14H2,1H3,(H5,18,19,20,21,22). The summed E-state index contributed by atoms with van der Waals surface area (Å²) in [7, 11) is 0. The Balaban J connectivity index is 2.19. The van der Waals surface area contributed by atoms with Crippen LogP contribution in [0, 0.1) is 0 Å². The number of hydrogen-bond acceptors (Lipinski definition) is 2. The predicted molar refractivity (Wildman–Crippen MR) is 94.8 cm³/mol. The van der Waals surface area contributed by atoms with E-state index in [1.165, 1.54) is 32.1 Å². The molecule has 22 heavy (non-hydrogen) atoms. The zero-order valence-corrected chi connectivity index (χ0v) is 13.6. The normalized spacial score (nSPS) is 12.4. The Labute approximate surface area is 133 Å². The summed E-state index contributed by atoms with van der Waals surface area (Å²) in [5, 5.41) is 2.82. The minimum Gasteiger partial charge on any atom is -0.370 e. The molecular formula is C17H29N5. The second kappa shape index (κ2) is 11.6. The van der Waals surface area contributed by atoms with Gasteiger partial charge in [-0.1, -0.05) is 69.4 Å². The molecule has 0 aliphatic rings. The summed E-state index contributed by atoms with van der Waals surface area (Å²) in [6.07, 6.45) is 7.45. The lowest BCUT2D eigenvalue weighted by atomic mass is 10.1. The van der Waals surface area contributed by atoms with Crippen molar-refractivity contribution in [2.45, 2.75) is 52.0 Å². The van der Waals surface area contributed by atoms with Gasteiger partial charge in [0.15, 0.2) is 11.9 Å². The van der Waals surface area contributed by atoms with Gasteiger partial charge in [-0.3, -0.25) is 10.3 Å². The number of guanidine groups is 2. The summed E-state index contributed by atoms with van der Waals surface area (Å²) in [4.78, 5) is 8.49. The summed E-state index contributed by atoms with van der Waals surface area (Å²) in [5.41, 5.74) is 12.7. The lowest BCUT2D eigenvalue weighted by Gasteiger charge is -2.05. The number of unbranched alkanes of at least 4 members (excludes halogenated alkanes) is 5. The molecule has 1 aromatic carbocycles. The van der Waals surface area contributed by atoms with E-state index >= 15 is 0 Å². The SMILES string of the molecule is CCCCCCCCN=C(N)NC(N)=NCc1ccccc1. The summed E-state index contributed by atoms with van der Waals surface area (Å²) in [5.74, 6) is 0.635. The zero-order valence-electron chi connectivity index (χ0n) is 13.6. The third-order valence-corrected chi connectivity index (χ3v) is 3.32. The minimum atomic E-state index is 0.299. The quantitative estimate of drug-likeness (QED) is 0.372. The van der Waals surface area contributed by atoms with Crippen molar-refractivity contribution < 1.29 is 0 Å². The highest BCUT2D eigenvalue weighted by atomic mass is 15.2. The largest absolute Gasteiger partial charge is 0.370 e. The molecule has 0 radical (unpaired) electrons. The topological polar surface area (TPSA) is 88.8 Å². The van der Waals surface area contributed by atoms with E-state index in [4.69, 9.17) is 11.5 Å². The fourth-order valence-corrected chi connectivity index (χ4v) is 2.06. The van der Waals surface area contributed by atoms with E-state index < -0.39 is 0 Å². The van der Waals surface area contributed by atoms with Crippen LogP contribution >= 0.6 is 0 Å². The van der Waals surface area contributed by atoms with Crippen LogP contribution in [0.1, 0.15) is 51.0 Å². The van der Waals surface area contributed by atoms with Crippen LogP contribution in [-0.4, -0.2) is 18.5 Å². The molecule has 0 aliphatic heterocycles. The van der Waals surface area contributed by atoms with Crippen molar-refractivity contribution in [1.82, 2.24) is 5.32 Å². The Morgan fingerprint density at radius 3 is 2.27 bits per heavy atom. The molecular weight excluding hydrogens is 274 g/mol. The molecule has 0 bridgehead atoms. The number of nitrogens with two attached hydrogens (primary N) is 2. The van der Waals surface area contributed by atoms with E-state index in [0.29, 0.717) is 18.5 Å². The Morgan fingerprint density at radius 1 is 0.909 bits per heavy atom. The van der Waals surface area contributed by atoms with Crippen molar-refractivity contribution in [3.63, 3.8) is 0 Å². The molecule has 0 atom stereocenters. The Hall–Kier alpha value is -2.04. The van der Waals surface area contributed by atoms with Gasteiger partial charge in [-0.2, -0.15) is 0 Å². The average molecular weight is 303 g/mol. The molecule has 0 aliphatic carbocycles. The van der Waals surface area contributed by atoms with Crippen LogP contribution in [0.25, 0.3) is 0 Å². The molecule has 0 saturated carbocycles. The fourth-order valence-electron chi connectivity index (χ4n) is 2.06. The van der Waals surface area contributed by atoms with Gasteiger partial charge < -0.3 is 11.5 Å². The maximum absolute atomic E-state index is 5.79. The minimum absolute atomic E-state index is 0.299. The first-order valence-electron chi connectivity index (χ1n) is 8.13. The molecule has 0 spiro atoms. The Morgan fingerprint density at radius 2 is 1.55 bits per heavy atom. The fraction of sp³-hybridized carbons (Fsp3) is 0.529.